The first kappa shape index (κ1) is 24.9. The molecule has 0 aliphatic carbocycles. The van der Waals surface area contributed by atoms with Crippen LogP contribution in [0.1, 0.15) is 61.8 Å². The molecular weight excluding hydrogens is 492 g/mol. The number of nitrogens with zero attached hydrogens (tertiary/aromatic N) is 8. The van der Waals surface area contributed by atoms with Crippen LogP contribution in [-0.2, 0) is 15.6 Å². The predicted molar refractivity (Wildman–Crippen MR) is 128 cm³/mol. The minimum atomic E-state index is -3.70. The van der Waals surface area contributed by atoms with E-state index in [2.05, 4.69) is 35.3 Å². The summed E-state index contributed by atoms with van der Waals surface area (Å²) in [5, 5.41) is 12.1. The first-order chi connectivity index (χ1) is 16.6. The smallest absolute Gasteiger partial charge is 0.223 e. The average Bonchev–Trinajstić information content (AvgIpc) is 3.44. The predicted octanol–water partition coefficient (Wildman–Crippen LogP) is 3.50. The third kappa shape index (κ3) is 5.22. The van der Waals surface area contributed by atoms with Crippen LogP contribution in [0.15, 0.2) is 35.1 Å². The highest BCUT2D eigenvalue weighted by molar-refractivity contribution is 7.91. The molecule has 184 valence electrons. The summed E-state index contributed by atoms with van der Waals surface area (Å²) in [5.74, 6) is 1.01. The maximum atomic E-state index is 13.5. The van der Waals surface area contributed by atoms with Gasteiger partial charge in [-0.15, -0.1) is 10.2 Å². The van der Waals surface area contributed by atoms with Crippen LogP contribution in [0.3, 0.4) is 0 Å². The van der Waals surface area contributed by atoms with Crippen molar-refractivity contribution in [3.8, 4) is 11.5 Å². The van der Waals surface area contributed by atoms with Crippen molar-refractivity contribution in [1.82, 2.24) is 39.9 Å². The molecule has 4 heterocycles. The normalized spacial score (nSPS) is 14.6. The second-order valence-electron chi connectivity index (χ2n) is 8.38. The molecule has 0 fully saturated rings. The summed E-state index contributed by atoms with van der Waals surface area (Å²) in [7, 11) is -3.70. The Morgan fingerprint density at radius 3 is 2.37 bits per heavy atom. The first-order valence-electron chi connectivity index (χ1n) is 10.9. The van der Waals surface area contributed by atoms with Gasteiger partial charge in [-0.3, -0.25) is 4.57 Å². The number of aromatic nitrogens is 8. The molecule has 4 aromatic rings. The Kier molecular flexibility index (Phi) is 6.95. The summed E-state index contributed by atoms with van der Waals surface area (Å²) >= 11 is 5.87. The number of sulfone groups is 1. The van der Waals surface area contributed by atoms with Crippen LogP contribution >= 0.6 is 11.6 Å². The van der Waals surface area contributed by atoms with Crippen molar-refractivity contribution < 1.29 is 12.9 Å². The first-order valence-corrected chi connectivity index (χ1v) is 13.0. The highest BCUT2D eigenvalue weighted by Gasteiger charge is 2.33. The van der Waals surface area contributed by atoms with E-state index in [0.717, 1.165) is 5.69 Å². The van der Waals surface area contributed by atoms with E-state index in [1.807, 2.05) is 26.0 Å². The molecule has 0 aromatic carbocycles. The fourth-order valence-electron chi connectivity index (χ4n) is 3.66. The van der Waals surface area contributed by atoms with Crippen LogP contribution < -0.4 is 0 Å². The Morgan fingerprint density at radius 1 is 1.03 bits per heavy atom. The molecule has 35 heavy (non-hydrogen) atoms. The zero-order valence-corrected chi connectivity index (χ0v) is 21.5. The second kappa shape index (κ2) is 9.78. The Balaban J connectivity index is 1.72. The van der Waals surface area contributed by atoms with Crippen LogP contribution in [0, 0.1) is 13.8 Å². The van der Waals surface area contributed by atoms with Crippen molar-refractivity contribution in [1.29, 1.82) is 0 Å². The van der Waals surface area contributed by atoms with Crippen LogP contribution in [0.2, 0.25) is 5.02 Å². The summed E-state index contributed by atoms with van der Waals surface area (Å²) in [5.41, 5.74) is 1.35. The highest BCUT2D eigenvalue weighted by Crippen LogP contribution is 2.29. The quantitative estimate of drug-likeness (QED) is 0.341. The Bertz CT molecular complexity index is 1440. The molecule has 0 amide bonds. The Labute approximate surface area is 207 Å². The minimum absolute atomic E-state index is 0.245. The topological polar surface area (TPSA) is 142 Å². The molecule has 0 saturated carbocycles. The third-order valence-electron chi connectivity index (χ3n) is 5.84. The molecule has 0 bridgehead atoms. The largest absolute Gasteiger partial charge is 0.340 e. The average molecular weight is 517 g/mol. The van der Waals surface area contributed by atoms with Crippen molar-refractivity contribution in [3.05, 3.63) is 64.7 Å². The van der Waals surface area contributed by atoms with Crippen molar-refractivity contribution in [3.63, 3.8) is 0 Å². The second-order valence-corrected chi connectivity index (χ2v) is 11.2. The molecule has 0 aliphatic rings. The fraction of sp³-hybridized carbons (Fsp3) is 0.409. The van der Waals surface area contributed by atoms with Crippen LogP contribution in [0.25, 0.3) is 11.5 Å². The van der Waals surface area contributed by atoms with Crippen molar-refractivity contribution in [2.45, 2.75) is 57.6 Å². The number of halogens is 1. The van der Waals surface area contributed by atoms with Crippen molar-refractivity contribution >= 4 is 21.4 Å². The standard InChI is InChI=1S/C22H25ClN8O3S/c1-12-7-6-8-18(26-12)22-29-28-19(31(22)14(3)21-27-16(5)34-30-21)11-35(32,33)15(4)13(2)20-24-9-17(23)10-25-20/h6-10,13-15H,11H2,1-5H3/t13-,14-,15-/m0/s1. The zero-order valence-electron chi connectivity index (χ0n) is 19.9. The van der Waals surface area contributed by atoms with Gasteiger partial charge in [0.2, 0.25) is 5.89 Å². The number of aryl methyl sites for hydroxylation is 2. The molecule has 0 radical (unpaired) electrons. The van der Waals surface area contributed by atoms with Gasteiger partial charge >= 0.3 is 0 Å². The van der Waals surface area contributed by atoms with E-state index < -0.39 is 27.0 Å². The van der Waals surface area contributed by atoms with Crippen LogP contribution in [-0.4, -0.2) is 53.5 Å². The molecule has 0 unspecified atom stereocenters. The van der Waals surface area contributed by atoms with E-state index >= 15 is 0 Å². The lowest BCUT2D eigenvalue weighted by molar-refractivity contribution is 0.380. The van der Waals surface area contributed by atoms with Gasteiger partial charge in [-0.25, -0.2) is 23.4 Å². The van der Waals surface area contributed by atoms with Gasteiger partial charge in [-0.05, 0) is 32.9 Å². The van der Waals surface area contributed by atoms with E-state index in [0.29, 0.717) is 34.1 Å². The van der Waals surface area contributed by atoms with Crippen molar-refractivity contribution in [2.75, 3.05) is 0 Å². The summed E-state index contributed by atoms with van der Waals surface area (Å²) < 4.78 is 33.8. The van der Waals surface area contributed by atoms with Gasteiger partial charge in [0, 0.05) is 30.9 Å². The highest BCUT2D eigenvalue weighted by atomic mass is 35.5. The number of pyridine rings is 1. The van der Waals surface area contributed by atoms with E-state index in [4.69, 9.17) is 16.1 Å². The molecule has 0 spiro atoms. The maximum Gasteiger partial charge on any atom is 0.223 e. The lowest BCUT2D eigenvalue weighted by Gasteiger charge is -2.20. The van der Waals surface area contributed by atoms with Gasteiger partial charge in [-0.1, -0.05) is 29.7 Å². The van der Waals surface area contributed by atoms with Gasteiger partial charge in [0.1, 0.15) is 23.1 Å². The molecule has 0 aliphatic heterocycles. The molecule has 4 rings (SSSR count). The number of rotatable bonds is 8. The zero-order chi connectivity index (χ0) is 25.3. The van der Waals surface area contributed by atoms with E-state index in [-0.39, 0.29) is 11.6 Å². The lowest BCUT2D eigenvalue weighted by atomic mass is 10.1. The fourth-order valence-corrected chi connectivity index (χ4v) is 5.32. The maximum absolute atomic E-state index is 13.5. The van der Waals surface area contributed by atoms with E-state index in [1.54, 1.807) is 31.4 Å². The summed E-state index contributed by atoms with van der Waals surface area (Å²) in [6.45, 7) is 8.78. The summed E-state index contributed by atoms with van der Waals surface area (Å²) in [6, 6.07) is 5.01. The minimum Gasteiger partial charge on any atom is -0.340 e. The van der Waals surface area contributed by atoms with Crippen LogP contribution in [0.4, 0.5) is 0 Å². The Hall–Kier alpha value is -3.25. The van der Waals surface area contributed by atoms with Gasteiger partial charge < -0.3 is 4.52 Å². The molecule has 0 saturated heterocycles. The summed E-state index contributed by atoms with van der Waals surface area (Å²) in [4.78, 5) is 17.2. The number of hydrogen-bond acceptors (Lipinski definition) is 10. The summed E-state index contributed by atoms with van der Waals surface area (Å²) in [6.07, 6.45) is 2.90. The molecule has 3 atom stereocenters. The SMILES string of the molecule is Cc1cccc(-c2nnc(CS(=O)(=O)[C@@H](C)[C@H](C)c3ncc(Cl)cn3)n2[C@@H](C)c2noc(C)n2)n1. The molecule has 11 nitrogen and oxygen atoms in total. The molecule has 4 aromatic heterocycles. The Morgan fingerprint density at radius 2 is 1.74 bits per heavy atom. The van der Waals surface area contributed by atoms with Gasteiger partial charge in [0.15, 0.2) is 21.5 Å². The van der Waals surface area contributed by atoms with E-state index in [9.17, 15) is 8.42 Å². The van der Waals surface area contributed by atoms with Gasteiger partial charge in [-0.2, -0.15) is 4.98 Å². The molecule has 0 N–H and O–H groups in total. The van der Waals surface area contributed by atoms with E-state index in [1.165, 1.54) is 12.4 Å². The van der Waals surface area contributed by atoms with Crippen molar-refractivity contribution in [2.24, 2.45) is 0 Å². The molecular formula is C22H25ClN8O3S. The van der Waals surface area contributed by atoms with Gasteiger partial charge in [0.05, 0.1) is 16.3 Å². The lowest BCUT2D eigenvalue weighted by Crippen LogP contribution is -2.28. The molecule has 13 heteroatoms. The monoisotopic (exact) mass is 516 g/mol. The third-order valence-corrected chi connectivity index (χ3v) is 8.23. The van der Waals surface area contributed by atoms with Crippen LogP contribution in [0.5, 0.6) is 0 Å². The van der Waals surface area contributed by atoms with Gasteiger partial charge in [0.25, 0.3) is 0 Å². The number of hydrogen-bond donors (Lipinski definition) is 0.